The number of carbonyl (C=O) groups is 3. The van der Waals surface area contributed by atoms with Gasteiger partial charge in [-0.2, -0.15) is 6.57 Å². The fraction of sp³-hybridized carbons (Fsp3) is 0.667. The first kappa shape index (κ1) is 13.3. The van der Waals surface area contributed by atoms with Gasteiger partial charge in [-0.1, -0.05) is 0 Å². The summed E-state index contributed by atoms with van der Waals surface area (Å²) in [7, 11) is 0. The minimum Gasteiger partial charge on any atom is -0.373 e. The zero-order valence-corrected chi connectivity index (χ0v) is 11.4. The van der Waals surface area contributed by atoms with Crippen molar-refractivity contribution in [1.82, 2.24) is 21.0 Å². The standard InChI is InChI=1S/C12H13N5O5/c1-13-17-8(18)11(2-6-4-21-6)12(16-10(17)20,3-7-5-22-7)15-9(19)14-11/h6-7H,2-5H2,(H,16,20)(H2,14,15,19). The van der Waals surface area contributed by atoms with Gasteiger partial charge in [-0.25, -0.2) is 9.59 Å². The van der Waals surface area contributed by atoms with Crippen molar-refractivity contribution in [3.05, 3.63) is 11.5 Å². The second-order valence-corrected chi connectivity index (χ2v) is 5.86. The predicted molar refractivity (Wildman–Crippen MR) is 67.8 cm³/mol. The SMILES string of the molecule is [C-]#[N+]N1C(=O)NC2(CC3CO3)NC(=O)NC2(CC2CO2)C1=O. The summed E-state index contributed by atoms with van der Waals surface area (Å²) in [4.78, 5) is 39.8. The average molecular weight is 307 g/mol. The maximum Gasteiger partial charge on any atom is 0.394 e. The van der Waals surface area contributed by atoms with E-state index >= 15 is 0 Å². The molecule has 0 bridgehead atoms. The summed E-state index contributed by atoms with van der Waals surface area (Å²) in [6.07, 6.45) is 0.101. The van der Waals surface area contributed by atoms with Crippen molar-refractivity contribution in [3.63, 3.8) is 0 Å². The molecule has 0 radical (unpaired) electrons. The third-order valence-corrected chi connectivity index (χ3v) is 4.42. The van der Waals surface area contributed by atoms with Crippen LogP contribution in [-0.4, -0.2) is 59.6 Å². The molecule has 4 rings (SSSR count). The minimum atomic E-state index is -1.45. The molecular formula is C12H13N5O5. The van der Waals surface area contributed by atoms with Crippen LogP contribution >= 0.6 is 0 Å². The summed E-state index contributed by atoms with van der Waals surface area (Å²) < 4.78 is 10.4. The number of fused-ring (bicyclic) bond motifs is 1. The van der Waals surface area contributed by atoms with E-state index < -0.39 is 29.2 Å². The number of rotatable bonds is 4. The Balaban J connectivity index is 1.79. The van der Waals surface area contributed by atoms with Crippen LogP contribution in [-0.2, 0) is 14.3 Å². The molecular weight excluding hydrogens is 294 g/mol. The Kier molecular flexibility index (Phi) is 2.47. The highest BCUT2D eigenvalue weighted by atomic mass is 16.6. The van der Waals surface area contributed by atoms with Crippen LogP contribution in [0.3, 0.4) is 0 Å². The number of imide groups is 1. The summed E-state index contributed by atoms with van der Waals surface area (Å²) in [5.74, 6) is -0.749. The molecule has 4 atom stereocenters. The quantitative estimate of drug-likeness (QED) is 0.440. The van der Waals surface area contributed by atoms with Crippen molar-refractivity contribution in [2.24, 2.45) is 0 Å². The van der Waals surface area contributed by atoms with E-state index in [2.05, 4.69) is 20.9 Å². The minimum absolute atomic E-state index is 0.146. The number of hydrogen-bond donors (Lipinski definition) is 3. The smallest absolute Gasteiger partial charge is 0.373 e. The molecule has 0 aromatic carbocycles. The van der Waals surface area contributed by atoms with Gasteiger partial charge in [0.15, 0.2) is 11.2 Å². The number of ether oxygens (including phenoxy) is 2. The third-order valence-electron chi connectivity index (χ3n) is 4.42. The Morgan fingerprint density at radius 2 is 1.77 bits per heavy atom. The molecule has 10 heteroatoms. The first-order valence-electron chi connectivity index (χ1n) is 6.87. The maximum absolute atomic E-state index is 12.8. The van der Waals surface area contributed by atoms with Crippen molar-refractivity contribution in [2.45, 2.75) is 36.3 Å². The number of epoxide rings is 2. The number of hydrogen-bond acceptors (Lipinski definition) is 5. The molecule has 10 nitrogen and oxygen atoms in total. The van der Waals surface area contributed by atoms with E-state index in [0.717, 1.165) is 0 Å². The van der Waals surface area contributed by atoms with E-state index in [1.54, 1.807) is 0 Å². The highest BCUT2D eigenvalue weighted by Gasteiger charge is 2.72. The Hall–Kier alpha value is -2.38. The van der Waals surface area contributed by atoms with E-state index in [-0.39, 0.29) is 25.0 Å². The van der Waals surface area contributed by atoms with Gasteiger partial charge >= 0.3 is 18.0 Å². The molecule has 0 aromatic heterocycles. The van der Waals surface area contributed by atoms with E-state index in [1.165, 1.54) is 0 Å². The van der Waals surface area contributed by atoms with Gasteiger partial charge < -0.3 is 25.4 Å². The second-order valence-electron chi connectivity index (χ2n) is 5.86. The highest BCUT2D eigenvalue weighted by Crippen LogP contribution is 2.42. The van der Waals surface area contributed by atoms with Crippen LogP contribution in [0.1, 0.15) is 12.8 Å². The van der Waals surface area contributed by atoms with Crippen molar-refractivity contribution in [1.29, 1.82) is 0 Å². The summed E-state index contributed by atoms with van der Waals surface area (Å²) in [6.45, 7) is 8.03. The van der Waals surface area contributed by atoms with Crippen molar-refractivity contribution >= 4 is 18.0 Å². The molecule has 4 aliphatic heterocycles. The summed E-state index contributed by atoms with van der Waals surface area (Å²) in [6, 6.07) is -1.42. The Morgan fingerprint density at radius 3 is 2.36 bits per heavy atom. The number of carbonyl (C=O) groups excluding carboxylic acids is 3. The maximum atomic E-state index is 12.8. The van der Waals surface area contributed by atoms with Gasteiger partial charge in [0.25, 0.3) is 0 Å². The van der Waals surface area contributed by atoms with Crippen LogP contribution in [0, 0.1) is 6.57 Å². The number of amides is 5. The van der Waals surface area contributed by atoms with Crippen LogP contribution < -0.4 is 16.0 Å². The Morgan fingerprint density at radius 1 is 1.14 bits per heavy atom. The monoisotopic (exact) mass is 307 g/mol. The molecule has 22 heavy (non-hydrogen) atoms. The molecule has 3 N–H and O–H groups in total. The fourth-order valence-corrected chi connectivity index (χ4v) is 3.25. The molecule has 4 unspecified atom stereocenters. The molecule has 5 amide bonds. The molecule has 4 heterocycles. The van der Waals surface area contributed by atoms with E-state index in [9.17, 15) is 14.4 Å². The molecule has 4 aliphatic rings. The van der Waals surface area contributed by atoms with Gasteiger partial charge in [0, 0.05) is 12.8 Å². The Bertz CT molecular complexity index is 624. The molecule has 0 aliphatic carbocycles. The van der Waals surface area contributed by atoms with E-state index in [0.29, 0.717) is 18.2 Å². The van der Waals surface area contributed by atoms with Gasteiger partial charge in [-0.3, -0.25) is 4.79 Å². The molecule has 0 aromatic rings. The van der Waals surface area contributed by atoms with Crippen LogP contribution in [0.25, 0.3) is 4.95 Å². The van der Waals surface area contributed by atoms with Crippen LogP contribution in [0.15, 0.2) is 0 Å². The number of urea groups is 2. The largest absolute Gasteiger partial charge is 0.394 e. The lowest BCUT2D eigenvalue weighted by atomic mass is 9.76. The Labute approximate surface area is 124 Å². The number of nitrogens with zero attached hydrogens (tertiary/aromatic N) is 2. The zero-order valence-electron chi connectivity index (χ0n) is 11.4. The summed E-state index contributed by atoms with van der Waals surface area (Å²) in [5, 5.41) is 8.31. The molecule has 0 saturated carbocycles. The second kappa shape index (κ2) is 4.08. The van der Waals surface area contributed by atoms with Crippen LogP contribution in [0.4, 0.5) is 9.59 Å². The van der Waals surface area contributed by atoms with Crippen molar-refractivity contribution in [3.8, 4) is 0 Å². The van der Waals surface area contributed by atoms with Gasteiger partial charge in [0.2, 0.25) is 0 Å². The van der Waals surface area contributed by atoms with Gasteiger partial charge in [-0.15, -0.1) is 4.95 Å². The van der Waals surface area contributed by atoms with E-state index in [1.807, 2.05) is 0 Å². The molecule has 4 fully saturated rings. The third kappa shape index (κ3) is 1.69. The molecule has 0 spiro atoms. The molecule has 116 valence electrons. The average Bonchev–Trinajstić information content (AvgIpc) is 3.33. The van der Waals surface area contributed by atoms with Gasteiger partial charge in [0.1, 0.15) is 0 Å². The molecule has 4 saturated heterocycles. The van der Waals surface area contributed by atoms with Crippen molar-refractivity contribution in [2.75, 3.05) is 13.2 Å². The normalized spacial score (nSPS) is 42.0. The topological polar surface area (TPSA) is 120 Å². The van der Waals surface area contributed by atoms with Gasteiger partial charge in [-0.05, 0) is 0 Å². The van der Waals surface area contributed by atoms with Crippen molar-refractivity contribution < 1.29 is 23.9 Å². The predicted octanol–water partition coefficient (Wildman–Crippen LogP) is -1.30. The zero-order chi connectivity index (χ0) is 15.5. The summed E-state index contributed by atoms with van der Waals surface area (Å²) >= 11 is 0. The first-order valence-corrected chi connectivity index (χ1v) is 6.87. The van der Waals surface area contributed by atoms with Gasteiger partial charge in [0.05, 0.1) is 30.4 Å². The summed E-state index contributed by atoms with van der Waals surface area (Å²) in [5.41, 5.74) is -2.76. The van der Waals surface area contributed by atoms with E-state index in [4.69, 9.17) is 16.0 Å². The number of nitrogens with one attached hydrogen (secondary N) is 3. The lowest BCUT2D eigenvalue weighted by molar-refractivity contribution is -0.139. The van der Waals surface area contributed by atoms with Crippen LogP contribution in [0.2, 0.25) is 0 Å². The lowest BCUT2D eigenvalue weighted by Gasteiger charge is -2.45. The van der Waals surface area contributed by atoms with Crippen LogP contribution in [0.5, 0.6) is 0 Å². The highest BCUT2D eigenvalue weighted by molar-refractivity contribution is 6.08. The lowest BCUT2D eigenvalue weighted by Crippen LogP contribution is -2.80. The fourth-order valence-electron chi connectivity index (χ4n) is 3.25. The first-order chi connectivity index (χ1) is 10.5.